The fourth-order valence-electron chi connectivity index (χ4n) is 3.98. The Kier molecular flexibility index (Phi) is 8.16. The van der Waals surface area contributed by atoms with E-state index < -0.39 is 29.2 Å². The van der Waals surface area contributed by atoms with Crippen LogP contribution in [0.1, 0.15) is 36.1 Å². The summed E-state index contributed by atoms with van der Waals surface area (Å²) in [6.07, 6.45) is 1.27. The van der Waals surface area contributed by atoms with Crippen molar-refractivity contribution in [3.8, 4) is 11.8 Å². The smallest absolute Gasteiger partial charge is 0.419 e. The van der Waals surface area contributed by atoms with Crippen molar-refractivity contribution in [3.05, 3.63) is 77.6 Å². The molecule has 1 saturated heterocycles. The molecule has 1 aliphatic rings. The van der Waals surface area contributed by atoms with Crippen molar-refractivity contribution in [2.75, 3.05) is 23.0 Å². The molecule has 1 aliphatic heterocycles. The van der Waals surface area contributed by atoms with Crippen LogP contribution in [0.4, 0.5) is 28.9 Å². The van der Waals surface area contributed by atoms with Crippen LogP contribution < -0.4 is 14.5 Å². The molecule has 3 aromatic rings. The first kappa shape index (κ1) is 26.9. The molecule has 38 heavy (non-hydrogen) atoms. The molecule has 4 rings (SSSR count). The van der Waals surface area contributed by atoms with Gasteiger partial charge in [-0.2, -0.15) is 18.4 Å². The highest BCUT2D eigenvalue weighted by atomic mass is 32.1. The molecule has 3 heterocycles. The number of ether oxygens (including phenoxy) is 1. The maximum absolute atomic E-state index is 14.9. The summed E-state index contributed by atoms with van der Waals surface area (Å²) in [4.78, 5) is 22.9. The second-order valence-corrected chi connectivity index (χ2v) is 8.76. The third-order valence-electron chi connectivity index (χ3n) is 5.80. The van der Waals surface area contributed by atoms with Gasteiger partial charge in [0.05, 0.1) is 24.1 Å². The number of carbonyl (C=O) groups is 1. The second-order valence-electron chi connectivity index (χ2n) is 8.39. The molecule has 1 aromatic carbocycles. The Labute approximate surface area is 221 Å². The Morgan fingerprint density at radius 1 is 1.16 bits per heavy atom. The minimum atomic E-state index is -4.86. The zero-order valence-electron chi connectivity index (χ0n) is 19.9. The number of nitrogens with zero attached hydrogens (tertiary/aromatic N) is 5. The molecule has 0 bridgehead atoms. The minimum Gasteiger partial charge on any atom is -0.491 e. The Morgan fingerprint density at radius 2 is 1.97 bits per heavy atom. The molecule has 0 saturated carbocycles. The molecule has 0 atom stereocenters. The van der Waals surface area contributed by atoms with Crippen molar-refractivity contribution in [2.45, 2.75) is 31.9 Å². The van der Waals surface area contributed by atoms with E-state index in [-0.39, 0.29) is 36.1 Å². The van der Waals surface area contributed by atoms with Crippen molar-refractivity contribution in [1.29, 1.82) is 5.26 Å². The van der Waals surface area contributed by atoms with Crippen LogP contribution in [-0.4, -0.2) is 34.1 Å². The molecule has 196 valence electrons. The van der Waals surface area contributed by atoms with Gasteiger partial charge >= 0.3 is 6.18 Å². The molecule has 0 N–H and O–H groups in total. The average molecular weight is 544 g/mol. The normalized spacial score (nSPS) is 14.3. The maximum Gasteiger partial charge on any atom is 0.419 e. The summed E-state index contributed by atoms with van der Waals surface area (Å²) < 4.78 is 60.9. The van der Waals surface area contributed by atoms with Crippen molar-refractivity contribution < 1.29 is 27.1 Å². The van der Waals surface area contributed by atoms with Gasteiger partial charge in [0.1, 0.15) is 6.07 Å². The van der Waals surface area contributed by atoms with Gasteiger partial charge in [0.25, 0.3) is 0 Å². The SMILES string of the molecule is N#Cc1ncc(N2C(=O)CCCN(c3ccc(OCCCc4cccnc4)c(F)c3)C2=S)cc1C(F)(F)F. The maximum atomic E-state index is 14.9. The fourth-order valence-corrected chi connectivity index (χ4v) is 4.38. The standard InChI is InChI=1S/C26H21F4N5O2S/c27-21-13-18(7-8-23(21)37-11-3-5-17-4-1-9-32-15-17)34-10-2-6-24(36)35(25(34)38)19-12-20(26(28,29)30)22(14-31)33-16-19/h1,4,7-9,12-13,15-16H,2-3,5-6,10-11H2. The molecule has 7 nitrogen and oxygen atoms in total. The van der Waals surface area contributed by atoms with E-state index in [4.69, 9.17) is 22.2 Å². The summed E-state index contributed by atoms with van der Waals surface area (Å²) in [5.41, 5.74) is -0.968. The number of nitriles is 1. The summed E-state index contributed by atoms with van der Waals surface area (Å²) in [6.45, 7) is 0.518. The minimum absolute atomic E-state index is 0.00139. The van der Waals surface area contributed by atoms with Gasteiger partial charge in [-0.1, -0.05) is 6.07 Å². The number of amides is 1. The number of carbonyl (C=O) groups excluding carboxylic acids is 1. The van der Waals surface area contributed by atoms with E-state index in [0.717, 1.165) is 23.1 Å². The lowest BCUT2D eigenvalue weighted by Gasteiger charge is -2.30. The van der Waals surface area contributed by atoms with Crippen LogP contribution in [0.15, 0.2) is 55.0 Å². The number of hydrogen-bond acceptors (Lipinski definition) is 6. The van der Waals surface area contributed by atoms with Crippen LogP contribution in [0.5, 0.6) is 5.75 Å². The van der Waals surface area contributed by atoms with Crippen LogP contribution in [-0.2, 0) is 17.4 Å². The first-order valence-corrected chi connectivity index (χ1v) is 12.0. The highest BCUT2D eigenvalue weighted by Crippen LogP contribution is 2.35. The predicted octanol–water partition coefficient (Wildman–Crippen LogP) is 5.44. The summed E-state index contributed by atoms with van der Waals surface area (Å²) >= 11 is 5.48. The third-order valence-corrected chi connectivity index (χ3v) is 6.21. The van der Waals surface area contributed by atoms with Crippen molar-refractivity contribution >= 4 is 34.6 Å². The van der Waals surface area contributed by atoms with Gasteiger partial charge in [0.2, 0.25) is 5.91 Å². The first-order chi connectivity index (χ1) is 18.2. The molecular weight excluding hydrogens is 522 g/mol. The van der Waals surface area contributed by atoms with E-state index >= 15 is 0 Å². The fraction of sp³-hybridized carbons (Fsp3) is 0.269. The van der Waals surface area contributed by atoms with Crippen LogP contribution in [0.25, 0.3) is 0 Å². The monoisotopic (exact) mass is 543 g/mol. The number of halogens is 4. The molecule has 1 amide bonds. The topological polar surface area (TPSA) is 82.4 Å². The number of aromatic nitrogens is 2. The van der Waals surface area contributed by atoms with Gasteiger partial charge in [-0.05, 0) is 61.3 Å². The number of pyridine rings is 2. The zero-order valence-corrected chi connectivity index (χ0v) is 20.7. The van der Waals surface area contributed by atoms with Crippen LogP contribution >= 0.6 is 12.2 Å². The number of hydrogen-bond donors (Lipinski definition) is 0. The van der Waals surface area contributed by atoms with Gasteiger partial charge in [-0.3, -0.25) is 14.7 Å². The summed E-state index contributed by atoms with van der Waals surface area (Å²) in [6, 6.07) is 10.1. The van der Waals surface area contributed by atoms with Gasteiger partial charge in [-0.25, -0.2) is 9.37 Å². The molecular formula is C26H21F4N5O2S. The Morgan fingerprint density at radius 3 is 2.66 bits per heavy atom. The number of alkyl halides is 3. The van der Waals surface area contributed by atoms with Gasteiger partial charge < -0.3 is 9.64 Å². The van der Waals surface area contributed by atoms with Gasteiger partial charge in [0.15, 0.2) is 22.4 Å². The summed E-state index contributed by atoms with van der Waals surface area (Å²) in [7, 11) is 0. The van der Waals surface area contributed by atoms with Crippen LogP contribution in [0.3, 0.4) is 0 Å². The van der Waals surface area contributed by atoms with Crippen LogP contribution in [0.2, 0.25) is 0 Å². The Hall–Kier alpha value is -4.11. The van der Waals surface area contributed by atoms with E-state index in [9.17, 15) is 22.4 Å². The second kappa shape index (κ2) is 11.5. The van der Waals surface area contributed by atoms with E-state index in [0.29, 0.717) is 24.6 Å². The first-order valence-electron chi connectivity index (χ1n) is 11.6. The number of thiocarbonyl (C=S) groups is 1. The molecule has 0 radical (unpaired) electrons. The molecule has 12 heteroatoms. The number of rotatable bonds is 7. The summed E-state index contributed by atoms with van der Waals surface area (Å²) in [5.74, 6) is -1.14. The summed E-state index contributed by atoms with van der Waals surface area (Å²) in [5, 5.41) is 8.89. The van der Waals surface area contributed by atoms with Crippen LogP contribution in [0, 0.1) is 17.1 Å². The highest BCUT2D eigenvalue weighted by molar-refractivity contribution is 7.81. The lowest BCUT2D eigenvalue weighted by molar-refractivity contribution is -0.138. The Balaban J connectivity index is 1.52. The van der Waals surface area contributed by atoms with E-state index in [1.54, 1.807) is 18.5 Å². The van der Waals surface area contributed by atoms with Crippen molar-refractivity contribution in [2.24, 2.45) is 0 Å². The zero-order chi connectivity index (χ0) is 27.3. The predicted molar refractivity (Wildman–Crippen MR) is 135 cm³/mol. The van der Waals surface area contributed by atoms with E-state index in [2.05, 4.69) is 9.97 Å². The number of anilines is 2. The largest absolute Gasteiger partial charge is 0.491 e. The lowest BCUT2D eigenvalue weighted by atomic mass is 10.1. The van der Waals surface area contributed by atoms with E-state index in [1.165, 1.54) is 23.1 Å². The van der Waals surface area contributed by atoms with Crippen molar-refractivity contribution in [3.63, 3.8) is 0 Å². The quantitative estimate of drug-likeness (QED) is 0.223. The number of benzene rings is 1. The van der Waals surface area contributed by atoms with Gasteiger partial charge in [0, 0.05) is 37.1 Å². The average Bonchev–Trinajstić information content (AvgIpc) is 3.04. The van der Waals surface area contributed by atoms with Crippen molar-refractivity contribution in [1.82, 2.24) is 9.97 Å². The molecule has 1 fully saturated rings. The highest BCUT2D eigenvalue weighted by Gasteiger charge is 2.37. The Bertz CT molecular complexity index is 1380. The molecule has 0 aliphatic carbocycles. The number of aryl methyl sites for hydroxylation is 1. The molecule has 2 aromatic heterocycles. The lowest BCUT2D eigenvalue weighted by Crippen LogP contribution is -2.44. The molecule has 0 spiro atoms. The third kappa shape index (κ3) is 6.06. The molecule has 0 unspecified atom stereocenters. The van der Waals surface area contributed by atoms with Gasteiger partial charge in [-0.15, -0.1) is 0 Å². The van der Waals surface area contributed by atoms with E-state index in [1.807, 2.05) is 12.1 Å².